The SMILES string of the molecule is Cl.O=C(c1ccc(Cl)c(F)c1)N1CCC(NCC2CC2)CC1. The first-order valence-electron chi connectivity index (χ1n) is 7.61. The van der Waals surface area contributed by atoms with Gasteiger partial charge in [0.1, 0.15) is 5.82 Å². The Balaban J connectivity index is 0.00000176. The molecule has 1 saturated carbocycles. The molecule has 22 heavy (non-hydrogen) atoms. The van der Waals surface area contributed by atoms with E-state index in [0.29, 0.717) is 11.6 Å². The second-order valence-electron chi connectivity index (χ2n) is 6.05. The second kappa shape index (κ2) is 7.62. The first-order valence-corrected chi connectivity index (χ1v) is 7.99. The second-order valence-corrected chi connectivity index (χ2v) is 6.45. The summed E-state index contributed by atoms with van der Waals surface area (Å²) in [5, 5.41) is 3.63. The molecule has 0 unspecified atom stereocenters. The summed E-state index contributed by atoms with van der Waals surface area (Å²) in [5.74, 6) is 0.233. The van der Waals surface area contributed by atoms with Gasteiger partial charge in [0.25, 0.3) is 5.91 Å². The number of nitrogens with zero attached hydrogens (tertiary/aromatic N) is 1. The average molecular weight is 347 g/mol. The van der Waals surface area contributed by atoms with Crippen LogP contribution in [0.15, 0.2) is 18.2 Å². The molecule has 1 aromatic carbocycles. The first kappa shape index (κ1) is 17.5. The Labute approximate surface area is 141 Å². The molecule has 1 aliphatic heterocycles. The van der Waals surface area contributed by atoms with Crippen LogP contribution in [0.5, 0.6) is 0 Å². The number of halogens is 3. The van der Waals surface area contributed by atoms with Gasteiger partial charge in [-0.2, -0.15) is 0 Å². The zero-order chi connectivity index (χ0) is 14.8. The van der Waals surface area contributed by atoms with Crippen molar-refractivity contribution < 1.29 is 9.18 Å². The molecule has 0 bridgehead atoms. The van der Waals surface area contributed by atoms with Crippen molar-refractivity contribution in [1.82, 2.24) is 10.2 Å². The fourth-order valence-electron chi connectivity index (χ4n) is 2.75. The van der Waals surface area contributed by atoms with Gasteiger partial charge >= 0.3 is 0 Å². The fraction of sp³-hybridized carbons (Fsp3) is 0.562. The van der Waals surface area contributed by atoms with Crippen molar-refractivity contribution in [1.29, 1.82) is 0 Å². The van der Waals surface area contributed by atoms with Crippen molar-refractivity contribution in [3.05, 3.63) is 34.6 Å². The summed E-state index contributed by atoms with van der Waals surface area (Å²) in [7, 11) is 0. The van der Waals surface area contributed by atoms with Crippen LogP contribution in [-0.4, -0.2) is 36.5 Å². The van der Waals surface area contributed by atoms with Gasteiger partial charge in [0.05, 0.1) is 5.02 Å². The predicted molar refractivity (Wildman–Crippen MR) is 88.3 cm³/mol. The van der Waals surface area contributed by atoms with Crippen LogP contribution < -0.4 is 5.32 Å². The van der Waals surface area contributed by atoms with Crippen molar-refractivity contribution in [2.75, 3.05) is 19.6 Å². The highest BCUT2D eigenvalue weighted by molar-refractivity contribution is 6.30. The monoisotopic (exact) mass is 346 g/mol. The Kier molecular flexibility index (Phi) is 6.07. The van der Waals surface area contributed by atoms with Crippen molar-refractivity contribution in [2.24, 2.45) is 5.92 Å². The topological polar surface area (TPSA) is 32.3 Å². The molecule has 0 atom stereocenters. The Hall–Kier alpha value is -0.840. The minimum atomic E-state index is -0.538. The van der Waals surface area contributed by atoms with Gasteiger partial charge in [-0.3, -0.25) is 4.79 Å². The van der Waals surface area contributed by atoms with E-state index in [1.54, 1.807) is 11.0 Å². The van der Waals surface area contributed by atoms with Gasteiger partial charge in [-0.1, -0.05) is 11.6 Å². The summed E-state index contributed by atoms with van der Waals surface area (Å²) in [5.41, 5.74) is 0.376. The van der Waals surface area contributed by atoms with E-state index in [-0.39, 0.29) is 23.3 Å². The number of amides is 1. The van der Waals surface area contributed by atoms with E-state index < -0.39 is 5.82 Å². The number of carbonyl (C=O) groups is 1. The number of likely N-dealkylation sites (tertiary alicyclic amines) is 1. The van der Waals surface area contributed by atoms with Crippen LogP contribution in [0.4, 0.5) is 4.39 Å². The van der Waals surface area contributed by atoms with Crippen molar-refractivity contribution >= 4 is 29.9 Å². The third-order valence-electron chi connectivity index (χ3n) is 4.34. The molecule has 1 saturated heterocycles. The minimum Gasteiger partial charge on any atom is -0.339 e. The number of benzene rings is 1. The van der Waals surface area contributed by atoms with Gasteiger partial charge in [0, 0.05) is 24.7 Å². The molecule has 0 radical (unpaired) electrons. The quantitative estimate of drug-likeness (QED) is 0.904. The van der Waals surface area contributed by atoms with E-state index in [2.05, 4.69) is 5.32 Å². The molecule has 1 heterocycles. The lowest BCUT2D eigenvalue weighted by atomic mass is 10.0. The minimum absolute atomic E-state index is 0. The normalized spacial score (nSPS) is 18.9. The van der Waals surface area contributed by atoms with Crippen molar-refractivity contribution in [3.63, 3.8) is 0 Å². The summed E-state index contributed by atoms with van der Waals surface area (Å²) in [6.07, 6.45) is 4.64. The highest BCUT2D eigenvalue weighted by Crippen LogP contribution is 2.28. The molecule has 2 fully saturated rings. The lowest BCUT2D eigenvalue weighted by Crippen LogP contribution is -2.45. The summed E-state index contributed by atoms with van der Waals surface area (Å²) in [6, 6.07) is 4.76. The van der Waals surface area contributed by atoms with Crippen LogP contribution in [0.25, 0.3) is 0 Å². The number of nitrogens with one attached hydrogen (secondary N) is 1. The van der Waals surface area contributed by atoms with Gasteiger partial charge in [-0.25, -0.2) is 4.39 Å². The van der Waals surface area contributed by atoms with E-state index in [0.717, 1.165) is 38.4 Å². The predicted octanol–water partition coefficient (Wildman–Crippen LogP) is 3.51. The molecule has 1 aliphatic carbocycles. The van der Waals surface area contributed by atoms with Crippen LogP contribution >= 0.6 is 24.0 Å². The lowest BCUT2D eigenvalue weighted by Gasteiger charge is -2.32. The van der Waals surface area contributed by atoms with Gasteiger partial charge in [-0.15, -0.1) is 12.4 Å². The third kappa shape index (κ3) is 4.34. The summed E-state index contributed by atoms with van der Waals surface area (Å²) in [4.78, 5) is 14.1. The highest BCUT2D eigenvalue weighted by atomic mass is 35.5. The van der Waals surface area contributed by atoms with E-state index in [1.807, 2.05) is 0 Å². The first-order chi connectivity index (χ1) is 10.1. The Morgan fingerprint density at radius 2 is 1.95 bits per heavy atom. The number of rotatable bonds is 4. The number of piperidine rings is 1. The van der Waals surface area contributed by atoms with Gasteiger partial charge < -0.3 is 10.2 Å². The molecular weight excluding hydrogens is 326 g/mol. The molecule has 0 aromatic heterocycles. The van der Waals surface area contributed by atoms with E-state index in [1.165, 1.54) is 25.0 Å². The van der Waals surface area contributed by atoms with Crippen LogP contribution in [0.3, 0.4) is 0 Å². The lowest BCUT2D eigenvalue weighted by molar-refractivity contribution is 0.0704. The molecule has 3 rings (SSSR count). The van der Waals surface area contributed by atoms with Gasteiger partial charge in [0.15, 0.2) is 0 Å². The molecule has 1 N–H and O–H groups in total. The average Bonchev–Trinajstić information content (AvgIpc) is 3.32. The zero-order valence-corrected chi connectivity index (χ0v) is 13.9. The Morgan fingerprint density at radius 1 is 1.27 bits per heavy atom. The van der Waals surface area contributed by atoms with Crippen LogP contribution in [0.2, 0.25) is 5.02 Å². The third-order valence-corrected chi connectivity index (χ3v) is 4.65. The maximum atomic E-state index is 13.4. The van der Waals surface area contributed by atoms with Crippen molar-refractivity contribution in [3.8, 4) is 0 Å². The van der Waals surface area contributed by atoms with E-state index in [9.17, 15) is 9.18 Å². The van der Waals surface area contributed by atoms with Crippen LogP contribution in [-0.2, 0) is 0 Å². The largest absolute Gasteiger partial charge is 0.339 e. The molecule has 122 valence electrons. The Bertz CT molecular complexity index is 529. The Morgan fingerprint density at radius 3 is 2.55 bits per heavy atom. The highest BCUT2D eigenvalue weighted by Gasteiger charge is 2.26. The molecular formula is C16H21Cl2FN2O. The number of hydrogen-bond donors (Lipinski definition) is 1. The maximum Gasteiger partial charge on any atom is 0.253 e. The van der Waals surface area contributed by atoms with E-state index in [4.69, 9.17) is 11.6 Å². The van der Waals surface area contributed by atoms with Crippen LogP contribution in [0, 0.1) is 11.7 Å². The summed E-state index contributed by atoms with van der Waals surface area (Å²) in [6.45, 7) is 2.57. The standard InChI is InChI=1S/C16H20ClFN2O.ClH/c17-14-4-3-12(9-15(14)18)16(21)20-7-5-13(6-8-20)19-10-11-1-2-11;/h3-4,9,11,13,19H,1-2,5-8,10H2;1H. The summed E-state index contributed by atoms with van der Waals surface area (Å²) < 4.78 is 13.4. The number of hydrogen-bond acceptors (Lipinski definition) is 2. The fourth-order valence-corrected chi connectivity index (χ4v) is 2.87. The van der Waals surface area contributed by atoms with Crippen molar-refractivity contribution in [2.45, 2.75) is 31.7 Å². The van der Waals surface area contributed by atoms with E-state index >= 15 is 0 Å². The number of carbonyl (C=O) groups excluding carboxylic acids is 1. The molecule has 1 amide bonds. The smallest absolute Gasteiger partial charge is 0.253 e. The molecule has 6 heteroatoms. The molecule has 0 spiro atoms. The molecule has 1 aromatic rings. The molecule has 2 aliphatic rings. The molecule has 3 nitrogen and oxygen atoms in total. The van der Waals surface area contributed by atoms with Gasteiger partial charge in [-0.05, 0) is 56.3 Å². The zero-order valence-electron chi connectivity index (χ0n) is 12.4. The summed E-state index contributed by atoms with van der Waals surface area (Å²) >= 11 is 5.65. The van der Waals surface area contributed by atoms with Gasteiger partial charge in [0.2, 0.25) is 0 Å². The van der Waals surface area contributed by atoms with Crippen LogP contribution in [0.1, 0.15) is 36.0 Å². The maximum absolute atomic E-state index is 13.4.